The first-order valence-corrected chi connectivity index (χ1v) is 5.29. The predicted octanol–water partition coefficient (Wildman–Crippen LogP) is 0.0945. The Bertz CT molecular complexity index is 401. The summed E-state index contributed by atoms with van der Waals surface area (Å²) in [7, 11) is 3.50. The molecule has 16 heavy (non-hydrogen) atoms. The van der Waals surface area contributed by atoms with Gasteiger partial charge in [-0.3, -0.25) is 9.36 Å². The van der Waals surface area contributed by atoms with Gasteiger partial charge in [0.1, 0.15) is 5.82 Å². The van der Waals surface area contributed by atoms with Gasteiger partial charge in [-0.1, -0.05) is 0 Å². The van der Waals surface area contributed by atoms with Gasteiger partial charge < -0.3 is 10.1 Å². The normalized spacial score (nSPS) is 12.8. The molecule has 1 heterocycles. The van der Waals surface area contributed by atoms with E-state index in [1.807, 2.05) is 20.9 Å². The molecule has 0 radical (unpaired) electrons. The van der Waals surface area contributed by atoms with Crippen LogP contribution in [0, 0.1) is 13.8 Å². The first kappa shape index (κ1) is 12.9. The van der Waals surface area contributed by atoms with Crippen molar-refractivity contribution in [3.63, 3.8) is 0 Å². The van der Waals surface area contributed by atoms with Gasteiger partial charge in [-0.15, -0.1) is 0 Å². The fraction of sp³-hybridized carbons (Fsp3) is 0.636. The molecule has 0 spiro atoms. The monoisotopic (exact) mass is 225 g/mol. The number of methoxy groups -OCH3 is 1. The van der Waals surface area contributed by atoms with Crippen LogP contribution in [0.4, 0.5) is 0 Å². The summed E-state index contributed by atoms with van der Waals surface area (Å²) in [4.78, 5) is 16.0. The van der Waals surface area contributed by atoms with Gasteiger partial charge in [0, 0.05) is 31.5 Å². The van der Waals surface area contributed by atoms with Crippen LogP contribution >= 0.6 is 0 Å². The third kappa shape index (κ3) is 3.15. The Kier molecular flexibility index (Phi) is 4.64. The summed E-state index contributed by atoms with van der Waals surface area (Å²) in [6, 6.07) is 1.66. The Balaban J connectivity index is 2.92. The highest BCUT2D eigenvalue weighted by atomic mass is 16.5. The Morgan fingerprint density at radius 1 is 1.56 bits per heavy atom. The van der Waals surface area contributed by atoms with Crippen LogP contribution in [0.15, 0.2) is 10.9 Å². The smallest absolute Gasteiger partial charge is 0.253 e. The van der Waals surface area contributed by atoms with Gasteiger partial charge in [0.25, 0.3) is 5.56 Å². The number of likely N-dealkylation sites (N-methyl/N-ethyl adjacent to an activating group) is 1. The van der Waals surface area contributed by atoms with E-state index in [4.69, 9.17) is 4.74 Å². The summed E-state index contributed by atoms with van der Waals surface area (Å²) in [5.74, 6) is 0.737. The minimum absolute atomic E-state index is 0.0126. The van der Waals surface area contributed by atoms with Crippen molar-refractivity contribution >= 4 is 0 Å². The number of rotatable bonds is 5. The van der Waals surface area contributed by atoms with Gasteiger partial charge in [-0.2, -0.15) is 0 Å². The zero-order valence-corrected chi connectivity index (χ0v) is 10.3. The summed E-state index contributed by atoms with van der Waals surface area (Å²) in [6.07, 6.45) is 0. The molecule has 90 valence electrons. The summed E-state index contributed by atoms with van der Waals surface area (Å²) < 4.78 is 6.73. The molecule has 1 atom stereocenters. The van der Waals surface area contributed by atoms with E-state index in [0.717, 1.165) is 11.5 Å². The second-order valence-corrected chi connectivity index (χ2v) is 3.83. The molecule has 0 bridgehead atoms. The molecule has 0 saturated carbocycles. The average Bonchev–Trinajstić information content (AvgIpc) is 2.21. The zero-order chi connectivity index (χ0) is 12.1. The van der Waals surface area contributed by atoms with Gasteiger partial charge in [0.05, 0.1) is 6.61 Å². The molecular weight excluding hydrogens is 206 g/mol. The lowest BCUT2D eigenvalue weighted by atomic mass is 10.3. The molecule has 0 fully saturated rings. The first-order valence-electron chi connectivity index (χ1n) is 5.29. The standard InChI is InChI=1S/C11H19N3O2/c1-8-5-11(15)14(9(2)13-8)6-10(12-3)7-16-4/h5,10,12H,6-7H2,1-4H3. The summed E-state index contributed by atoms with van der Waals surface area (Å²) >= 11 is 0. The molecule has 1 unspecified atom stereocenters. The second kappa shape index (κ2) is 5.77. The average molecular weight is 225 g/mol. The van der Waals surface area contributed by atoms with Crippen molar-refractivity contribution in [2.45, 2.75) is 26.4 Å². The molecule has 1 aromatic rings. The SMILES string of the molecule is CNC(COC)Cn1c(C)nc(C)cc1=O. The van der Waals surface area contributed by atoms with Crippen molar-refractivity contribution in [1.29, 1.82) is 0 Å². The third-order valence-electron chi connectivity index (χ3n) is 2.51. The van der Waals surface area contributed by atoms with Gasteiger partial charge in [0.15, 0.2) is 0 Å². The maximum Gasteiger partial charge on any atom is 0.253 e. The van der Waals surface area contributed by atoms with Crippen LogP contribution in [0.25, 0.3) is 0 Å². The summed E-state index contributed by atoms with van der Waals surface area (Å²) in [6.45, 7) is 4.80. The van der Waals surface area contributed by atoms with Crippen molar-refractivity contribution in [3.05, 3.63) is 27.9 Å². The molecule has 0 aliphatic carbocycles. The molecule has 0 aromatic carbocycles. The number of ether oxygens (including phenoxy) is 1. The van der Waals surface area contributed by atoms with E-state index in [-0.39, 0.29) is 11.6 Å². The van der Waals surface area contributed by atoms with Gasteiger partial charge in [0.2, 0.25) is 0 Å². The summed E-state index contributed by atoms with van der Waals surface area (Å²) in [5.41, 5.74) is 0.743. The first-order chi connectivity index (χ1) is 7.58. The maximum absolute atomic E-state index is 11.8. The zero-order valence-electron chi connectivity index (χ0n) is 10.3. The maximum atomic E-state index is 11.8. The van der Waals surface area contributed by atoms with Crippen molar-refractivity contribution in [1.82, 2.24) is 14.9 Å². The molecule has 5 nitrogen and oxygen atoms in total. The second-order valence-electron chi connectivity index (χ2n) is 3.83. The van der Waals surface area contributed by atoms with Crippen LogP contribution in [-0.2, 0) is 11.3 Å². The van der Waals surface area contributed by atoms with Crippen molar-refractivity contribution in [3.8, 4) is 0 Å². The van der Waals surface area contributed by atoms with E-state index in [1.165, 1.54) is 0 Å². The topological polar surface area (TPSA) is 56.1 Å². The predicted molar refractivity (Wildman–Crippen MR) is 62.7 cm³/mol. The van der Waals surface area contributed by atoms with Gasteiger partial charge >= 0.3 is 0 Å². The number of nitrogens with zero attached hydrogens (tertiary/aromatic N) is 2. The van der Waals surface area contributed by atoms with Crippen LogP contribution in [0.3, 0.4) is 0 Å². The van der Waals surface area contributed by atoms with E-state index >= 15 is 0 Å². The van der Waals surface area contributed by atoms with Crippen molar-refractivity contribution < 1.29 is 4.74 Å². The van der Waals surface area contributed by atoms with Crippen LogP contribution in [0.1, 0.15) is 11.5 Å². The molecule has 1 aromatic heterocycles. The Hall–Kier alpha value is -1.20. The third-order valence-corrected chi connectivity index (χ3v) is 2.51. The largest absolute Gasteiger partial charge is 0.383 e. The Labute approximate surface area is 95.5 Å². The van der Waals surface area contributed by atoms with E-state index in [2.05, 4.69) is 10.3 Å². The Morgan fingerprint density at radius 2 is 2.25 bits per heavy atom. The highest BCUT2D eigenvalue weighted by molar-refractivity contribution is 5.01. The molecule has 1 rings (SSSR count). The molecule has 0 saturated heterocycles. The number of hydrogen-bond donors (Lipinski definition) is 1. The van der Waals surface area contributed by atoms with E-state index in [9.17, 15) is 4.79 Å². The number of aryl methyl sites for hydroxylation is 2. The van der Waals surface area contributed by atoms with Gasteiger partial charge in [-0.25, -0.2) is 4.98 Å². The lowest BCUT2D eigenvalue weighted by molar-refractivity contribution is 0.161. The highest BCUT2D eigenvalue weighted by Crippen LogP contribution is 1.96. The number of nitrogens with one attached hydrogen (secondary N) is 1. The quantitative estimate of drug-likeness (QED) is 0.772. The minimum atomic E-state index is -0.0126. The van der Waals surface area contributed by atoms with E-state index < -0.39 is 0 Å². The van der Waals surface area contributed by atoms with Crippen LogP contribution < -0.4 is 10.9 Å². The molecule has 5 heteroatoms. The lowest BCUT2D eigenvalue weighted by Gasteiger charge is -2.18. The number of aromatic nitrogens is 2. The molecule has 0 amide bonds. The van der Waals surface area contributed by atoms with Crippen LogP contribution in [0.2, 0.25) is 0 Å². The lowest BCUT2D eigenvalue weighted by Crippen LogP contribution is -2.38. The number of hydrogen-bond acceptors (Lipinski definition) is 4. The van der Waals surface area contributed by atoms with Crippen molar-refractivity contribution in [2.75, 3.05) is 20.8 Å². The van der Waals surface area contributed by atoms with Crippen LogP contribution in [-0.4, -0.2) is 36.4 Å². The van der Waals surface area contributed by atoms with Crippen LogP contribution in [0.5, 0.6) is 0 Å². The molecule has 0 aliphatic rings. The van der Waals surface area contributed by atoms with Crippen molar-refractivity contribution in [2.24, 2.45) is 0 Å². The fourth-order valence-corrected chi connectivity index (χ4v) is 1.63. The highest BCUT2D eigenvalue weighted by Gasteiger charge is 2.10. The minimum Gasteiger partial charge on any atom is -0.383 e. The molecule has 0 aliphatic heterocycles. The van der Waals surface area contributed by atoms with Gasteiger partial charge in [-0.05, 0) is 20.9 Å². The van der Waals surface area contributed by atoms with E-state index in [1.54, 1.807) is 17.7 Å². The fourth-order valence-electron chi connectivity index (χ4n) is 1.63. The Morgan fingerprint density at radius 3 is 2.75 bits per heavy atom. The molecular formula is C11H19N3O2. The molecule has 1 N–H and O–H groups in total. The summed E-state index contributed by atoms with van der Waals surface area (Å²) in [5, 5.41) is 3.11. The van der Waals surface area contributed by atoms with E-state index in [0.29, 0.717) is 13.2 Å².